The first kappa shape index (κ1) is 19.1. The van der Waals surface area contributed by atoms with Crippen molar-refractivity contribution in [3.63, 3.8) is 0 Å². The fraction of sp³-hybridized carbons (Fsp3) is 0.409. The molecule has 146 valence electrons. The van der Waals surface area contributed by atoms with E-state index in [1.165, 1.54) is 23.2 Å². The lowest BCUT2D eigenvalue weighted by Gasteiger charge is -2.24. The maximum absolute atomic E-state index is 13.0. The van der Waals surface area contributed by atoms with Crippen LogP contribution in [0.2, 0.25) is 0 Å². The van der Waals surface area contributed by atoms with E-state index < -0.39 is 0 Å². The van der Waals surface area contributed by atoms with Crippen molar-refractivity contribution in [1.29, 1.82) is 0 Å². The highest BCUT2D eigenvalue weighted by Gasteiger charge is 2.29. The summed E-state index contributed by atoms with van der Waals surface area (Å²) in [7, 11) is 2.74. The smallest absolute Gasteiger partial charge is 0.269 e. The molecule has 0 saturated heterocycles. The third-order valence-corrected chi connectivity index (χ3v) is 5.92. The zero-order valence-electron chi connectivity index (χ0n) is 16.4. The number of nitrogens with zero attached hydrogens (tertiary/aromatic N) is 4. The minimum atomic E-state index is -0.0729. The number of hydrazone groups is 1. The summed E-state index contributed by atoms with van der Waals surface area (Å²) in [6.45, 7) is 6.96. The molecule has 1 aliphatic heterocycles. The summed E-state index contributed by atoms with van der Waals surface area (Å²) in [4.78, 5) is 13.0. The van der Waals surface area contributed by atoms with Gasteiger partial charge in [-0.25, -0.2) is 5.01 Å². The quantitative estimate of drug-likeness (QED) is 0.556. The molecule has 0 saturated carbocycles. The summed E-state index contributed by atoms with van der Waals surface area (Å²) < 4.78 is 2.10. The Hall–Kier alpha value is -2.26. The number of carbonyl (C=O) groups is 1. The summed E-state index contributed by atoms with van der Waals surface area (Å²) in [5.74, 6) is -0.0729. The molecule has 0 radical (unpaired) electrons. The molecule has 5 nitrogen and oxygen atoms in total. The lowest BCUT2D eigenvalue weighted by Crippen LogP contribution is -2.28. The van der Waals surface area contributed by atoms with Gasteiger partial charge in [0.05, 0.1) is 12.2 Å². The molecule has 2 aliphatic rings. The first-order valence-corrected chi connectivity index (χ1v) is 10.5. The zero-order chi connectivity index (χ0) is 19.7. The lowest BCUT2D eigenvalue weighted by atomic mass is 10.0. The van der Waals surface area contributed by atoms with Crippen LogP contribution in [0.5, 0.6) is 0 Å². The highest BCUT2D eigenvalue weighted by molar-refractivity contribution is 7.27. The lowest BCUT2D eigenvalue weighted by molar-refractivity contribution is -0.129. The van der Waals surface area contributed by atoms with E-state index in [1.54, 1.807) is 5.01 Å². The third kappa shape index (κ3) is 3.81. The second-order valence-corrected chi connectivity index (χ2v) is 8.44. The molecular formula is C22H27N4OP. The van der Waals surface area contributed by atoms with E-state index in [0.717, 1.165) is 43.1 Å². The Labute approximate surface area is 168 Å². The van der Waals surface area contributed by atoms with E-state index in [9.17, 15) is 4.79 Å². The van der Waals surface area contributed by atoms with Crippen LogP contribution in [0.15, 0.2) is 41.6 Å². The Bertz CT molecular complexity index is 926. The molecule has 0 spiro atoms. The Morgan fingerprint density at radius 1 is 1.32 bits per heavy atom. The van der Waals surface area contributed by atoms with Gasteiger partial charge in [-0.05, 0) is 61.5 Å². The fourth-order valence-electron chi connectivity index (χ4n) is 4.22. The van der Waals surface area contributed by atoms with Crippen LogP contribution in [0, 0.1) is 6.92 Å². The minimum absolute atomic E-state index is 0.0437. The van der Waals surface area contributed by atoms with Gasteiger partial charge in [-0.2, -0.15) is 10.2 Å². The molecule has 2 atom stereocenters. The van der Waals surface area contributed by atoms with Crippen molar-refractivity contribution in [3.8, 4) is 0 Å². The van der Waals surface area contributed by atoms with Gasteiger partial charge in [0.2, 0.25) is 0 Å². The number of amides is 1. The van der Waals surface area contributed by atoms with E-state index in [0.29, 0.717) is 12.0 Å². The predicted octanol–water partition coefficient (Wildman–Crippen LogP) is 3.48. The van der Waals surface area contributed by atoms with Crippen molar-refractivity contribution in [3.05, 3.63) is 58.9 Å². The van der Waals surface area contributed by atoms with Crippen LogP contribution in [0.3, 0.4) is 0 Å². The summed E-state index contributed by atoms with van der Waals surface area (Å²) in [6.07, 6.45) is 9.58. The average molecular weight is 394 g/mol. The number of hydrogen-bond acceptors (Lipinski definition) is 3. The van der Waals surface area contributed by atoms with Gasteiger partial charge >= 0.3 is 0 Å². The van der Waals surface area contributed by atoms with Crippen LogP contribution in [0.4, 0.5) is 0 Å². The van der Waals surface area contributed by atoms with Gasteiger partial charge in [0.15, 0.2) is 0 Å². The number of carbonyl (C=O) groups excluding carboxylic acids is 1. The SMILES string of the molecule is C=C(CCCn1ncc2c1CCC2)C(=O)N1N=CCC1c1cc(C)cc(P)c1. The second kappa shape index (κ2) is 8.00. The zero-order valence-corrected chi connectivity index (χ0v) is 17.6. The standard InChI is InChI=1S/C22H27N4OP/c1-15-11-18(13-19(28)12-15)21-8-9-23-26(21)22(27)16(2)5-4-10-25-20-7-3-6-17(20)14-24-25/h9,11-14,21H,2-8,10,28H2,1H3. The molecule has 1 aromatic carbocycles. The number of fused-ring (bicyclic) bond motifs is 1. The Morgan fingerprint density at radius 3 is 3.00 bits per heavy atom. The van der Waals surface area contributed by atoms with Gasteiger partial charge in [-0.15, -0.1) is 9.24 Å². The maximum Gasteiger partial charge on any atom is 0.269 e. The van der Waals surface area contributed by atoms with E-state index in [1.807, 2.05) is 12.4 Å². The average Bonchev–Trinajstić information content (AvgIpc) is 3.38. The van der Waals surface area contributed by atoms with Gasteiger partial charge in [0, 0.05) is 30.4 Å². The van der Waals surface area contributed by atoms with Gasteiger partial charge in [0.25, 0.3) is 5.91 Å². The van der Waals surface area contributed by atoms with Crippen LogP contribution in [0.25, 0.3) is 0 Å². The number of rotatable bonds is 6. The first-order chi connectivity index (χ1) is 13.5. The Kier molecular flexibility index (Phi) is 5.45. The number of benzene rings is 1. The van der Waals surface area contributed by atoms with Crippen molar-refractivity contribution in [2.45, 2.75) is 58.0 Å². The normalized spacial score (nSPS) is 17.9. The minimum Gasteiger partial charge on any atom is -0.269 e. The number of hydrogen-bond donors (Lipinski definition) is 0. The molecule has 2 heterocycles. The highest BCUT2D eigenvalue weighted by atomic mass is 31.0. The van der Waals surface area contributed by atoms with Crippen LogP contribution in [-0.2, 0) is 24.2 Å². The molecule has 0 N–H and O–H groups in total. The van der Waals surface area contributed by atoms with Crippen LogP contribution in [0.1, 0.15) is 54.1 Å². The molecule has 2 unspecified atom stereocenters. The highest BCUT2D eigenvalue weighted by Crippen LogP contribution is 2.30. The van der Waals surface area contributed by atoms with Crippen LogP contribution < -0.4 is 5.30 Å². The summed E-state index contributed by atoms with van der Waals surface area (Å²) in [5.41, 5.74) is 5.68. The third-order valence-electron chi connectivity index (χ3n) is 5.59. The van der Waals surface area contributed by atoms with Gasteiger partial charge in [0.1, 0.15) is 0 Å². The first-order valence-electron chi connectivity index (χ1n) is 9.97. The van der Waals surface area contributed by atoms with Crippen LogP contribution >= 0.6 is 9.24 Å². The van der Waals surface area contributed by atoms with Crippen molar-refractivity contribution in [1.82, 2.24) is 14.8 Å². The molecule has 28 heavy (non-hydrogen) atoms. The Balaban J connectivity index is 1.37. The van der Waals surface area contributed by atoms with Crippen LogP contribution in [-0.4, -0.2) is 26.9 Å². The second-order valence-electron chi connectivity index (χ2n) is 7.78. The molecular weight excluding hydrogens is 367 g/mol. The molecule has 2 aromatic rings. The topological polar surface area (TPSA) is 50.5 Å². The van der Waals surface area contributed by atoms with Gasteiger partial charge < -0.3 is 0 Å². The fourth-order valence-corrected chi connectivity index (χ4v) is 4.68. The largest absolute Gasteiger partial charge is 0.269 e. The van der Waals surface area contributed by atoms with Crippen molar-refractivity contribution < 1.29 is 4.79 Å². The maximum atomic E-state index is 13.0. The van der Waals surface area contributed by atoms with Crippen molar-refractivity contribution in [2.24, 2.45) is 5.10 Å². The number of aryl methyl sites for hydroxylation is 3. The van der Waals surface area contributed by atoms with E-state index in [-0.39, 0.29) is 11.9 Å². The van der Waals surface area contributed by atoms with Gasteiger partial charge in [-0.3, -0.25) is 9.48 Å². The molecule has 1 amide bonds. The van der Waals surface area contributed by atoms with E-state index in [2.05, 4.69) is 55.8 Å². The molecule has 6 heteroatoms. The summed E-state index contributed by atoms with van der Waals surface area (Å²) in [5, 5.41) is 11.6. The summed E-state index contributed by atoms with van der Waals surface area (Å²) >= 11 is 0. The molecule has 1 aliphatic carbocycles. The van der Waals surface area contributed by atoms with Crippen molar-refractivity contribution >= 4 is 26.7 Å². The van der Waals surface area contributed by atoms with Crippen molar-refractivity contribution in [2.75, 3.05) is 0 Å². The summed E-state index contributed by atoms with van der Waals surface area (Å²) in [6, 6.07) is 6.31. The van der Waals surface area contributed by atoms with E-state index in [4.69, 9.17) is 0 Å². The molecule has 4 rings (SSSR count). The molecule has 0 bridgehead atoms. The Morgan fingerprint density at radius 2 is 2.18 bits per heavy atom. The molecule has 0 fully saturated rings. The monoisotopic (exact) mass is 394 g/mol. The van der Waals surface area contributed by atoms with Gasteiger partial charge in [-0.1, -0.05) is 24.3 Å². The molecule has 1 aromatic heterocycles. The van der Waals surface area contributed by atoms with E-state index >= 15 is 0 Å². The number of aromatic nitrogens is 2. The predicted molar refractivity (Wildman–Crippen MR) is 116 cm³/mol.